The first kappa shape index (κ1) is 19.2. The van der Waals surface area contributed by atoms with Gasteiger partial charge in [-0.05, 0) is 24.8 Å². The van der Waals surface area contributed by atoms with Crippen molar-refractivity contribution in [2.24, 2.45) is 22.4 Å². The third kappa shape index (κ3) is 4.71. The molecule has 9 heteroatoms. The molecule has 2 unspecified atom stereocenters. The SMILES string of the molecule is NC(N)=NCCCC1C(=O)N(C(=O)NCCc2ccccc2)C1C(=O)O. The maximum Gasteiger partial charge on any atom is 0.327 e. The molecule has 0 radical (unpaired) electrons. The molecule has 2 rings (SSSR count). The van der Waals surface area contributed by atoms with E-state index in [1.165, 1.54) is 0 Å². The van der Waals surface area contributed by atoms with Gasteiger partial charge >= 0.3 is 12.0 Å². The van der Waals surface area contributed by atoms with Crippen molar-refractivity contribution in [1.82, 2.24) is 10.2 Å². The molecule has 1 fully saturated rings. The van der Waals surface area contributed by atoms with E-state index in [0.29, 0.717) is 32.4 Å². The summed E-state index contributed by atoms with van der Waals surface area (Å²) in [5.41, 5.74) is 11.5. The zero-order valence-electron chi connectivity index (χ0n) is 14.3. The number of nitrogens with one attached hydrogen (secondary N) is 1. The molecule has 1 aliphatic heterocycles. The van der Waals surface area contributed by atoms with Gasteiger partial charge in [0, 0.05) is 13.1 Å². The van der Waals surface area contributed by atoms with Crippen LogP contribution < -0.4 is 16.8 Å². The fraction of sp³-hybridized carbons (Fsp3) is 0.412. The molecule has 0 aliphatic carbocycles. The molecule has 1 aliphatic rings. The first-order valence-corrected chi connectivity index (χ1v) is 8.35. The molecule has 0 aromatic heterocycles. The van der Waals surface area contributed by atoms with Crippen molar-refractivity contribution >= 4 is 23.9 Å². The Kier molecular flexibility index (Phi) is 6.54. The second kappa shape index (κ2) is 8.84. The van der Waals surface area contributed by atoms with Gasteiger partial charge in [0.1, 0.15) is 0 Å². The molecule has 140 valence electrons. The maximum absolute atomic E-state index is 12.2. The molecule has 0 spiro atoms. The standard InChI is InChI=1S/C17H23N5O4/c18-16(19)20-9-4-7-12-13(15(24)25)22(14(12)23)17(26)21-10-8-11-5-2-1-3-6-11/h1-3,5-6,12-13H,4,7-10H2,(H,21,26)(H,24,25)(H4,18,19,20). The number of rotatable bonds is 8. The summed E-state index contributed by atoms with van der Waals surface area (Å²) in [5.74, 6) is -2.48. The summed E-state index contributed by atoms with van der Waals surface area (Å²) in [6, 6.07) is 7.69. The molecule has 1 heterocycles. The Morgan fingerprint density at radius 2 is 1.92 bits per heavy atom. The number of carbonyl (C=O) groups is 3. The molecular formula is C17H23N5O4. The van der Waals surface area contributed by atoms with Crippen LogP contribution in [-0.4, -0.2) is 53.0 Å². The fourth-order valence-corrected chi connectivity index (χ4v) is 2.90. The highest BCUT2D eigenvalue weighted by atomic mass is 16.4. The Labute approximate surface area is 151 Å². The summed E-state index contributed by atoms with van der Waals surface area (Å²) >= 11 is 0. The zero-order valence-corrected chi connectivity index (χ0v) is 14.3. The van der Waals surface area contributed by atoms with Gasteiger partial charge in [0.05, 0.1) is 5.92 Å². The summed E-state index contributed by atoms with van der Waals surface area (Å²) < 4.78 is 0. The Hall–Kier alpha value is -3.10. The van der Waals surface area contributed by atoms with Gasteiger partial charge in [0.15, 0.2) is 12.0 Å². The highest BCUT2D eigenvalue weighted by Gasteiger charge is 2.54. The Morgan fingerprint density at radius 1 is 1.23 bits per heavy atom. The third-order valence-electron chi connectivity index (χ3n) is 4.19. The minimum atomic E-state index is -1.20. The van der Waals surface area contributed by atoms with Crippen LogP contribution in [0.4, 0.5) is 4.79 Å². The number of carboxylic acid groups (broad SMARTS) is 1. The van der Waals surface area contributed by atoms with Gasteiger partial charge in [-0.25, -0.2) is 14.5 Å². The normalized spacial score (nSPS) is 18.8. The zero-order chi connectivity index (χ0) is 19.1. The van der Waals surface area contributed by atoms with Gasteiger partial charge in [-0.3, -0.25) is 9.79 Å². The topological polar surface area (TPSA) is 151 Å². The number of carbonyl (C=O) groups excluding carboxylic acids is 2. The lowest BCUT2D eigenvalue weighted by atomic mass is 9.84. The minimum absolute atomic E-state index is 0.0564. The van der Waals surface area contributed by atoms with E-state index >= 15 is 0 Å². The predicted octanol–water partition coefficient (Wildman–Crippen LogP) is -0.0961. The van der Waals surface area contributed by atoms with Crippen molar-refractivity contribution in [1.29, 1.82) is 0 Å². The van der Waals surface area contributed by atoms with Crippen molar-refractivity contribution in [3.63, 3.8) is 0 Å². The molecule has 3 amide bonds. The summed E-state index contributed by atoms with van der Waals surface area (Å²) in [6.45, 7) is 0.621. The number of imide groups is 1. The predicted molar refractivity (Wildman–Crippen MR) is 95.2 cm³/mol. The van der Waals surface area contributed by atoms with Crippen LogP contribution in [0, 0.1) is 5.92 Å². The number of amides is 3. The molecule has 2 atom stereocenters. The number of aliphatic imine (C=N–C) groups is 1. The van der Waals surface area contributed by atoms with Crippen molar-refractivity contribution in [2.75, 3.05) is 13.1 Å². The summed E-state index contributed by atoms with van der Waals surface area (Å²) in [5, 5.41) is 11.9. The van der Waals surface area contributed by atoms with Crippen LogP contribution in [0.25, 0.3) is 0 Å². The van der Waals surface area contributed by atoms with Gasteiger partial charge < -0.3 is 21.9 Å². The Bertz CT molecular complexity index is 688. The molecule has 0 bridgehead atoms. The van der Waals surface area contributed by atoms with Gasteiger partial charge in [0.25, 0.3) is 0 Å². The number of benzene rings is 1. The Morgan fingerprint density at radius 3 is 2.54 bits per heavy atom. The second-order valence-corrected chi connectivity index (χ2v) is 6.01. The summed E-state index contributed by atoms with van der Waals surface area (Å²) in [4.78, 5) is 40.4. The smallest absolute Gasteiger partial charge is 0.327 e. The lowest BCUT2D eigenvalue weighted by Gasteiger charge is -2.42. The lowest BCUT2D eigenvalue weighted by Crippen LogP contribution is -2.68. The molecule has 1 aromatic carbocycles. The monoisotopic (exact) mass is 361 g/mol. The molecule has 1 saturated heterocycles. The third-order valence-corrected chi connectivity index (χ3v) is 4.19. The minimum Gasteiger partial charge on any atom is -0.480 e. The number of nitrogens with zero attached hydrogens (tertiary/aromatic N) is 2. The van der Waals surface area contributed by atoms with E-state index in [9.17, 15) is 19.5 Å². The molecule has 0 saturated carbocycles. The van der Waals surface area contributed by atoms with Crippen LogP contribution in [-0.2, 0) is 16.0 Å². The van der Waals surface area contributed by atoms with E-state index in [2.05, 4.69) is 10.3 Å². The van der Waals surface area contributed by atoms with Crippen LogP contribution in [0.3, 0.4) is 0 Å². The molecule has 9 nitrogen and oxygen atoms in total. The van der Waals surface area contributed by atoms with Crippen molar-refractivity contribution < 1.29 is 19.5 Å². The average molecular weight is 361 g/mol. The van der Waals surface area contributed by atoms with E-state index in [1.807, 2.05) is 30.3 Å². The number of likely N-dealkylation sites (tertiary alicyclic amines) is 1. The second-order valence-electron chi connectivity index (χ2n) is 6.01. The van der Waals surface area contributed by atoms with Crippen LogP contribution in [0.15, 0.2) is 35.3 Å². The van der Waals surface area contributed by atoms with Crippen LogP contribution >= 0.6 is 0 Å². The first-order chi connectivity index (χ1) is 12.4. The highest BCUT2D eigenvalue weighted by molar-refractivity contribution is 6.07. The largest absolute Gasteiger partial charge is 0.480 e. The number of urea groups is 1. The van der Waals surface area contributed by atoms with E-state index < -0.39 is 29.9 Å². The van der Waals surface area contributed by atoms with E-state index in [4.69, 9.17) is 11.5 Å². The van der Waals surface area contributed by atoms with Crippen molar-refractivity contribution in [3.8, 4) is 0 Å². The number of carboxylic acids is 1. The van der Waals surface area contributed by atoms with Crippen LogP contribution in [0.5, 0.6) is 0 Å². The van der Waals surface area contributed by atoms with Crippen molar-refractivity contribution in [3.05, 3.63) is 35.9 Å². The number of nitrogens with two attached hydrogens (primary N) is 2. The van der Waals surface area contributed by atoms with Gasteiger partial charge in [-0.1, -0.05) is 30.3 Å². The average Bonchev–Trinajstić information content (AvgIpc) is 2.59. The van der Waals surface area contributed by atoms with Gasteiger partial charge in [0.2, 0.25) is 5.91 Å². The molecular weight excluding hydrogens is 338 g/mol. The first-order valence-electron chi connectivity index (χ1n) is 8.35. The van der Waals surface area contributed by atoms with E-state index in [1.54, 1.807) is 0 Å². The van der Waals surface area contributed by atoms with E-state index in [-0.39, 0.29) is 5.96 Å². The van der Waals surface area contributed by atoms with E-state index in [0.717, 1.165) is 10.5 Å². The quantitative estimate of drug-likeness (QED) is 0.220. The number of aliphatic carboxylic acids is 1. The van der Waals surface area contributed by atoms with Gasteiger partial charge in [-0.2, -0.15) is 0 Å². The number of hydrogen-bond acceptors (Lipinski definition) is 4. The van der Waals surface area contributed by atoms with Gasteiger partial charge in [-0.15, -0.1) is 0 Å². The fourth-order valence-electron chi connectivity index (χ4n) is 2.90. The van der Waals surface area contributed by atoms with Crippen molar-refractivity contribution in [2.45, 2.75) is 25.3 Å². The summed E-state index contributed by atoms with van der Waals surface area (Å²) in [7, 11) is 0. The number of hydrogen-bond donors (Lipinski definition) is 4. The molecule has 26 heavy (non-hydrogen) atoms. The maximum atomic E-state index is 12.2. The van der Waals surface area contributed by atoms with Crippen LogP contribution in [0.2, 0.25) is 0 Å². The lowest BCUT2D eigenvalue weighted by molar-refractivity contribution is -0.166. The molecule has 6 N–H and O–H groups in total. The number of β-lactam (4-membered cyclic amide) rings is 1. The Balaban J connectivity index is 1.85. The summed E-state index contributed by atoms with van der Waals surface area (Å²) in [6.07, 6.45) is 1.36. The number of guanidine groups is 1. The highest BCUT2D eigenvalue weighted by Crippen LogP contribution is 2.31. The van der Waals surface area contributed by atoms with Crippen LogP contribution in [0.1, 0.15) is 18.4 Å². The molecule has 1 aromatic rings.